The van der Waals surface area contributed by atoms with Crippen molar-refractivity contribution in [2.75, 3.05) is 52.5 Å². The van der Waals surface area contributed by atoms with Gasteiger partial charge in [0.1, 0.15) is 18.0 Å². The topological polar surface area (TPSA) is 112 Å². The van der Waals surface area contributed by atoms with Gasteiger partial charge < -0.3 is 29.9 Å². The lowest BCUT2D eigenvalue weighted by Gasteiger charge is -2.41. The number of para-hydroxylation sites is 1. The number of aliphatic hydroxyl groups excluding tert-OH is 2. The van der Waals surface area contributed by atoms with Crippen molar-refractivity contribution in [3.8, 4) is 5.75 Å². The summed E-state index contributed by atoms with van der Waals surface area (Å²) < 4.78 is 12.6. The normalized spacial score (nSPS) is 21.7. The first-order valence-corrected chi connectivity index (χ1v) is 15.3. The molecule has 1 aliphatic carbocycles. The number of nitrogens with one attached hydrogen (secondary N) is 1. The number of hydrogen-bond acceptors (Lipinski definition) is 7. The molecule has 1 fully saturated rings. The van der Waals surface area contributed by atoms with Crippen molar-refractivity contribution in [1.82, 2.24) is 15.1 Å². The number of nitrogens with zero attached hydrogens (tertiary/aromatic N) is 2. The van der Waals surface area contributed by atoms with Gasteiger partial charge in [-0.05, 0) is 47.2 Å². The molecule has 3 rings (SSSR count). The number of halogens is 1. The van der Waals surface area contributed by atoms with E-state index in [1.54, 1.807) is 11.0 Å². The maximum Gasteiger partial charge on any atom is 0.247 e. The van der Waals surface area contributed by atoms with Gasteiger partial charge in [0.25, 0.3) is 0 Å². The van der Waals surface area contributed by atoms with E-state index in [4.69, 9.17) is 9.47 Å². The van der Waals surface area contributed by atoms with Crippen LogP contribution in [0.2, 0.25) is 0 Å². The lowest BCUT2D eigenvalue weighted by Crippen LogP contribution is -2.56. The monoisotopic (exact) mass is 657 g/mol. The number of ether oxygens (including phenoxy) is 2. The number of aliphatic hydroxyl groups is 2. The highest BCUT2D eigenvalue weighted by Gasteiger charge is 2.40. The van der Waals surface area contributed by atoms with Crippen molar-refractivity contribution in [3.05, 3.63) is 39.5 Å². The molecule has 0 aromatic heterocycles. The van der Waals surface area contributed by atoms with E-state index in [2.05, 4.69) is 39.7 Å². The van der Waals surface area contributed by atoms with Crippen molar-refractivity contribution >= 4 is 34.4 Å². The predicted molar refractivity (Wildman–Crippen MR) is 159 cm³/mol. The standard InChI is InChI=1S/C29H44IN3O6/c1-2-3-4-5-6-11-27(35)33(14-13-32-15-18-38-19-16-32)24-20-22(29(37)31-12-17-34)21-26(28(24)36)39-25-10-8-7-9-23(25)30/h7-10,21,24,26,28,34,36H,2-6,11-20H2,1H3,(H,31,37). The molecule has 0 radical (unpaired) electrons. The van der Waals surface area contributed by atoms with E-state index >= 15 is 0 Å². The maximum absolute atomic E-state index is 13.6. The second kappa shape index (κ2) is 17.2. The number of carbonyl (C=O) groups is 2. The van der Waals surface area contributed by atoms with Crippen LogP contribution in [0, 0.1) is 3.57 Å². The fourth-order valence-corrected chi connectivity index (χ4v) is 5.55. The summed E-state index contributed by atoms with van der Waals surface area (Å²) >= 11 is 2.18. The molecule has 3 N–H and O–H groups in total. The minimum Gasteiger partial charge on any atom is -0.482 e. The molecule has 10 heteroatoms. The van der Waals surface area contributed by atoms with Crippen LogP contribution in [0.25, 0.3) is 0 Å². The van der Waals surface area contributed by atoms with Gasteiger partial charge in [0, 0.05) is 51.1 Å². The quantitative estimate of drug-likeness (QED) is 0.197. The Kier molecular flexibility index (Phi) is 14.0. The van der Waals surface area contributed by atoms with Gasteiger partial charge in [0.05, 0.1) is 29.4 Å². The lowest BCUT2D eigenvalue weighted by molar-refractivity contribution is -0.139. The van der Waals surface area contributed by atoms with E-state index < -0.39 is 18.2 Å². The van der Waals surface area contributed by atoms with Crippen LogP contribution in [0.1, 0.15) is 51.9 Å². The molecule has 2 aliphatic rings. The first kappa shape index (κ1) is 31.8. The molecule has 39 heavy (non-hydrogen) atoms. The fourth-order valence-electron chi connectivity index (χ4n) is 5.04. The predicted octanol–water partition coefficient (Wildman–Crippen LogP) is 2.73. The van der Waals surface area contributed by atoms with E-state index in [-0.39, 0.29) is 31.4 Å². The van der Waals surface area contributed by atoms with E-state index in [9.17, 15) is 19.8 Å². The number of hydrogen-bond donors (Lipinski definition) is 3. The van der Waals surface area contributed by atoms with Crippen LogP contribution in [-0.2, 0) is 14.3 Å². The zero-order chi connectivity index (χ0) is 28.0. The fraction of sp³-hybridized carbons (Fsp3) is 0.655. The number of amides is 2. The molecule has 0 bridgehead atoms. The molecule has 1 aliphatic heterocycles. The number of rotatable bonds is 15. The van der Waals surface area contributed by atoms with Crippen molar-refractivity contribution in [3.63, 3.8) is 0 Å². The van der Waals surface area contributed by atoms with Gasteiger partial charge in [0.15, 0.2) is 0 Å². The van der Waals surface area contributed by atoms with Gasteiger partial charge in [-0.15, -0.1) is 0 Å². The van der Waals surface area contributed by atoms with Gasteiger partial charge in [-0.25, -0.2) is 0 Å². The second-order valence-corrected chi connectivity index (χ2v) is 11.3. The molecule has 3 atom stereocenters. The summed E-state index contributed by atoms with van der Waals surface area (Å²) in [6.07, 6.45) is 5.67. The third kappa shape index (κ3) is 10.00. The number of benzene rings is 1. The highest BCUT2D eigenvalue weighted by atomic mass is 127. The highest BCUT2D eigenvalue weighted by Crippen LogP contribution is 2.30. The molecule has 218 valence electrons. The first-order chi connectivity index (χ1) is 18.9. The van der Waals surface area contributed by atoms with Gasteiger partial charge in [-0.2, -0.15) is 0 Å². The van der Waals surface area contributed by atoms with Crippen molar-refractivity contribution in [2.45, 2.75) is 70.1 Å². The zero-order valence-corrected chi connectivity index (χ0v) is 25.2. The smallest absolute Gasteiger partial charge is 0.247 e. The first-order valence-electron chi connectivity index (χ1n) is 14.2. The molecular weight excluding hydrogens is 613 g/mol. The maximum atomic E-state index is 13.6. The van der Waals surface area contributed by atoms with Gasteiger partial charge in [-0.3, -0.25) is 14.5 Å². The molecule has 1 saturated heterocycles. The third-order valence-electron chi connectivity index (χ3n) is 7.29. The molecule has 1 aromatic rings. The Balaban J connectivity index is 1.83. The summed E-state index contributed by atoms with van der Waals surface area (Å²) in [5.41, 5.74) is 0.446. The Morgan fingerprint density at radius 3 is 2.64 bits per heavy atom. The number of morpholine rings is 1. The van der Waals surface area contributed by atoms with E-state index in [1.165, 1.54) is 0 Å². The summed E-state index contributed by atoms with van der Waals surface area (Å²) in [5.74, 6) is 0.280. The Morgan fingerprint density at radius 2 is 1.92 bits per heavy atom. The average Bonchev–Trinajstić information content (AvgIpc) is 2.95. The SMILES string of the molecule is CCCCCCCC(=O)N(CCN1CCOCC1)C1CC(C(=O)NCCO)=CC(Oc2ccccc2I)C1O. The molecular formula is C29H44IN3O6. The van der Waals surface area contributed by atoms with Crippen LogP contribution in [-0.4, -0.2) is 103 Å². The van der Waals surface area contributed by atoms with Crippen LogP contribution < -0.4 is 10.1 Å². The second-order valence-electron chi connectivity index (χ2n) is 10.2. The molecule has 2 amide bonds. The van der Waals surface area contributed by atoms with Crippen molar-refractivity contribution in [2.24, 2.45) is 0 Å². The van der Waals surface area contributed by atoms with Crippen LogP contribution in [0.5, 0.6) is 5.75 Å². The summed E-state index contributed by atoms with van der Waals surface area (Å²) in [6, 6.07) is 6.90. The molecule has 1 heterocycles. The average molecular weight is 658 g/mol. The van der Waals surface area contributed by atoms with Crippen LogP contribution in [0.4, 0.5) is 0 Å². The summed E-state index contributed by atoms with van der Waals surface area (Å²) in [6.45, 7) is 6.20. The van der Waals surface area contributed by atoms with Crippen LogP contribution in [0.15, 0.2) is 35.9 Å². The Bertz CT molecular complexity index is 939. The molecule has 0 saturated carbocycles. The highest BCUT2D eigenvalue weighted by molar-refractivity contribution is 14.1. The Hall–Kier alpha value is -1.73. The molecule has 1 aromatic carbocycles. The minimum atomic E-state index is -1.01. The number of unbranched alkanes of at least 4 members (excludes halogenated alkanes) is 4. The largest absolute Gasteiger partial charge is 0.482 e. The summed E-state index contributed by atoms with van der Waals surface area (Å²) in [7, 11) is 0. The van der Waals surface area contributed by atoms with Gasteiger partial charge >= 0.3 is 0 Å². The van der Waals surface area contributed by atoms with Crippen molar-refractivity contribution < 1.29 is 29.3 Å². The third-order valence-corrected chi connectivity index (χ3v) is 8.18. The molecule has 9 nitrogen and oxygen atoms in total. The minimum absolute atomic E-state index is 0.00568. The summed E-state index contributed by atoms with van der Waals surface area (Å²) in [5, 5.41) is 23.5. The lowest BCUT2D eigenvalue weighted by atomic mass is 9.88. The van der Waals surface area contributed by atoms with E-state index in [0.29, 0.717) is 44.0 Å². The van der Waals surface area contributed by atoms with Crippen molar-refractivity contribution in [1.29, 1.82) is 0 Å². The van der Waals surface area contributed by atoms with E-state index in [1.807, 2.05) is 24.3 Å². The Morgan fingerprint density at radius 1 is 1.18 bits per heavy atom. The Labute approximate surface area is 246 Å². The summed E-state index contributed by atoms with van der Waals surface area (Å²) in [4.78, 5) is 30.7. The van der Waals surface area contributed by atoms with Crippen LogP contribution >= 0.6 is 22.6 Å². The zero-order valence-electron chi connectivity index (χ0n) is 23.0. The molecule has 3 unspecified atom stereocenters. The number of carbonyl (C=O) groups excluding carboxylic acids is 2. The van der Waals surface area contributed by atoms with Gasteiger partial charge in [0.2, 0.25) is 11.8 Å². The molecule has 0 spiro atoms. The van der Waals surface area contributed by atoms with E-state index in [0.717, 1.165) is 48.8 Å². The van der Waals surface area contributed by atoms with Gasteiger partial charge in [-0.1, -0.05) is 44.7 Å². The van der Waals surface area contributed by atoms with Crippen LogP contribution in [0.3, 0.4) is 0 Å².